The molecule has 7 nitrogen and oxygen atoms in total. The summed E-state index contributed by atoms with van der Waals surface area (Å²) in [5.41, 5.74) is 2.15. The Morgan fingerprint density at radius 2 is 1.07 bits per heavy atom. The first-order chi connectivity index (χ1) is 21.6. The van der Waals surface area contributed by atoms with Crippen molar-refractivity contribution in [3.8, 4) is 57.2 Å². The van der Waals surface area contributed by atoms with Crippen LogP contribution in [0.25, 0.3) is 55.7 Å². The normalized spacial score (nSPS) is 11.2. The van der Waals surface area contributed by atoms with E-state index in [-0.39, 0.29) is 5.75 Å². The van der Waals surface area contributed by atoms with Crippen molar-refractivity contribution in [2.75, 3.05) is 20.8 Å². The summed E-state index contributed by atoms with van der Waals surface area (Å²) in [5, 5.41) is 15.0. The molecule has 0 saturated carbocycles. The Bertz CT molecular complexity index is 1830. The van der Waals surface area contributed by atoms with Gasteiger partial charge in [-0.1, -0.05) is 74.7 Å². The maximum absolute atomic E-state index is 11.2. The van der Waals surface area contributed by atoms with E-state index in [4.69, 9.17) is 29.2 Å². The van der Waals surface area contributed by atoms with Crippen LogP contribution in [-0.2, 0) is 0 Å². The second-order valence-electron chi connectivity index (χ2n) is 10.6. The highest BCUT2D eigenvalue weighted by Crippen LogP contribution is 2.38. The van der Waals surface area contributed by atoms with Gasteiger partial charge in [0.25, 0.3) is 0 Å². The molecule has 6 aromatic rings. The third kappa shape index (κ3) is 5.73. The molecule has 6 rings (SSSR count). The molecule has 0 bridgehead atoms. The highest BCUT2D eigenvalue weighted by Gasteiger charge is 2.19. The monoisotopic (exact) mass is 585 g/mol. The molecule has 1 aromatic heterocycles. The number of rotatable bonds is 11. The number of hydrogen-bond acceptors (Lipinski definition) is 7. The zero-order valence-corrected chi connectivity index (χ0v) is 25.2. The molecule has 0 amide bonds. The predicted molar refractivity (Wildman–Crippen MR) is 176 cm³/mol. The van der Waals surface area contributed by atoms with E-state index in [1.807, 2.05) is 78.9 Å². The minimum Gasteiger partial charge on any atom is -0.507 e. The van der Waals surface area contributed by atoms with Gasteiger partial charge in [-0.25, -0.2) is 15.0 Å². The van der Waals surface area contributed by atoms with Crippen molar-refractivity contribution in [2.24, 2.45) is 0 Å². The van der Waals surface area contributed by atoms with Crippen LogP contribution in [0.1, 0.15) is 32.6 Å². The number of methoxy groups -OCH3 is 2. The average molecular weight is 586 g/mol. The van der Waals surface area contributed by atoms with Crippen molar-refractivity contribution in [2.45, 2.75) is 32.6 Å². The number of fused-ring (bicyclic) bond motifs is 2. The first-order valence-electron chi connectivity index (χ1n) is 15.0. The fraction of sp³-hybridized carbons (Fsp3) is 0.216. The van der Waals surface area contributed by atoms with Crippen molar-refractivity contribution in [3.05, 3.63) is 91.0 Å². The van der Waals surface area contributed by atoms with Gasteiger partial charge in [0.1, 0.15) is 23.0 Å². The molecule has 0 aliphatic rings. The summed E-state index contributed by atoms with van der Waals surface area (Å²) in [7, 11) is 3.33. The number of aromatic hydroxyl groups is 1. The van der Waals surface area contributed by atoms with Crippen molar-refractivity contribution in [1.29, 1.82) is 0 Å². The van der Waals surface area contributed by atoms with Gasteiger partial charge in [0, 0.05) is 28.0 Å². The van der Waals surface area contributed by atoms with Gasteiger partial charge in [-0.15, -0.1) is 0 Å². The quantitative estimate of drug-likeness (QED) is 0.152. The van der Waals surface area contributed by atoms with E-state index >= 15 is 0 Å². The van der Waals surface area contributed by atoms with Crippen LogP contribution in [-0.4, -0.2) is 40.9 Å². The third-order valence-corrected chi connectivity index (χ3v) is 7.80. The summed E-state index contributed by atoms with van der Waals surface area (Å²) in [6, 6.07) is 29.1. The van der Waals surface area contributed by atoms with E-state index < -0.39 is 0 Å². The number of nitrogens with zero attached hydrogens (tertiary/aromatic N) is 3. The highest BCUT2D eigenvalue weighted by molar-refractivity contribution is 6.01. The first-order valence-corrected chi connectivity index (χ1v) is 15.0. The number of aromatic nitrogens is 3. The molecule has 0 radical (unpaired) electrons. The number of phenolic OH excluding ortho intramolecular Hbond substituents is 1. The summed E-state index contributed by atoms with van der Waals surface area (Å²) in [6.45, 7) is 2.79. The minimum absolute atomic E-state index is 0.0401. The van der Waals surface area contributed by atoms with Crippen LogP contribution < -0.4 is 14.2 Å². The molecule has 7 heteroatoms. The molecule has 222 valence electrons. The first kappa shape index (κ1) is 28.9. The molecule has 0 spiro atoms. The minimum atomic E-state index is 0.0401. The summed E-state index contributed by atoms with van der Waals surface area (Å²) in [6.07, 6.45) is 4.45. The summed E-state index contributed by atoms with van der Waals surface area (Å²) in [5.74, 6) is 3.51. The Morgan fingerprint density at radius 3 is 1.57 bits per heavy atom. The van der Waals surface area contributed by atoms with Gasteiger partial charge in [0.15, 0.2) is 17.5 Å². The van der Waals surface area contributed by atoms with Crippen LogP contribution in [0.3, 0.4) is 0 Å². The molecule has 0 saturated heterocycles. The SMILES string of the molecule is CCCCCCOc1ccc(-c2nc(-c3ccc(OC)c4ccccc34)nc(-c3ccc(OC)c4ccccc34)n2)c(O)c1. The van der Waals surface area contributed by atoms with Gasteiger partial charge in [0.2, 0.25) is 0 Å². The molecule has 44 heavy (non-hydrogen) atoms. The van der Waals surface area contributed by atoms with E-state index in [0.717, 1.165) is 57.0 Å². The van der Waals surface area contributed by atoms with Crippen LogP contribution in [0.2, 0.25) is 0 Å². The van der Waals surface area contributed by atoms with E-state index in [1.165, 1.54) is 12.8 Å². The standard InChI is InChI=1S/C37H35N3O4/c1-4-5-6-11-22-44-24-16-17-31(32(41)23-24)37-39-35(29-18-20-33(42-2)27-14-9-7-12-25(27)29)38-36(40-37)30-19-21-34(43-3)28-15-10-8-13-26(28)30/h7-10,12-21,23,41H,4-6,11,22H2,1-3H3. The summed E-state index contributed by atoms with van der Waals surface area (Å²) in [4.78, 5) is 14.8. The molecular formula is C37H35N3O4. The zero-order valence-electron chi connectivity index (χ0n) is 25.2. The average Bonchev–Trinajstić information content (AvgIpc) is 3.07. The Morgan fingerprint density at radius 1 is 0.568 bits per heavy atom. The van der Waals surface area contributed by atoms with Gasteiger partial charge in [0.05, 0.1) is 26.4 Å². The lowest BCUT2D eigenvalue weighted by molar-refractivity contribution is 0.303. The zero-order chi connectivity index (χ0) is 30.5. The number of benzene rings is 5. The second-order valence-corrected chi connectivity index (χ2v) is 10.6. The number of hydrogen-bond donors (Lipinski definition) is 1. The Hall–Kier alpha value is -5.17. The molecule has 0 aliphatic heterocycles. The van der Waals surface area contributed by atoms with E-state index in [2.05, 4.69) is 6.92 Å². The number of phenols is 1. The molecule has 5 aromatic carbocycles. The molecule has 0 aliphatic carbocycles. The molecule has 0 atom stereocenters. The topological polar surface area (TPSA) is 86.6 Å². The van der Waals surface area contributed by atoms with Crippen molar-refractivity contribution in [3.63, 3.8) is 0 Å². The molecule has 0 unspecified atom stereocenters. The fourth-order valence-electron chi connectivity index (χ4n) is 5.54. The van der Waals surface area contributed by atoms with E-state index in [9.17, 15) is 5.11 Å². The van der Waals surface area contributed by atoms with Crippen molar-refractivity contribution in [1.82, 2.24) is 15.0 Å². The predicted octanol–water partition coefficient (Wildman–Crippen LogP) is 8.86. The molecule has 0 fully saturated rings. The lowest BCUT2D eigenvalue weighted by Crippen LogP contribution is -2.02. The fourth-order valence-corrected chi connectivity index (χ4v) is 5.54. The van der Waals surface area contributed by atoms with Gasteiger partial charge in [-0.05, 0) is 53.6 Å². The molecular weight excluding hydrogens is 550 g/mol. The Labute approximate surface area is 257 Å². The lowest BCUT2D eigenvalue weighted by atomic mass is 10.0. The number of unbranched alkanes of at least 4 members (excludes halogenated alkanes) is 3. The second kappa shape index (κ2) is 13.0. The van der Waals surface area contributed by atoms with Gasteiger partial charge < -0.3 is 19.3 Å². The van der Waals surface area contributed by atoms with Crippen molar-refractivity contribution < 1.29 is 19.3 Å². The third-order valence-electron chi connectivity index (χ3n) is 7.80. The van der Waals surface area contributed by atoms with Crippen LogP contribution in [0.15, 0.2) is 91.0 Å². The maximum atomic E-state index is 11.2. The maximum Gasteiger partial charge on any atom is 0.167 e. The van der Waals surface area contributed by atoms with Crippen molar-refractivity contribution >= 4 is 21.5 Å². The summed E-state index contributed by atoms with van der Waals surface area (Å²) < 4.78 is 17.2. The lowest BCUT2D eigenvalue weighted by Gasteiger charge is -2.14. The smallest absolute Gasteiger partial charge is 0.167 e. The van der Waals surface area contributed by atoms with Crippen LogP contribution in [0.5, 0.6) is 23.0 Å². The van der Waals surface area contributed by atoms with Crippen LogP contribution in [0.4, 0.5) is 0 Å². The van der Waals surface area contributed by atoms with Crippen LogP contribution >= 0.6 is 0 Å². The Kier molecular flexibility index (Phi) is 8.55. The van der Waals surface area contributed by atoms with E-state index in [0.29, 0.717) is 35.4 Å². The van der Waals surface area contributed by atoms with E-state index in [1.54, 1.807) is 26.4 Å². The van der Waals surface area contributed by atoms with Gasteiger partial charge >= 0.3 is 0 Å². The molecule has 1 heterocycles. The highest BCUT2D eigenvalue weighted by atomic mass is 16.5. The molecule has 1 N–H and O–H groups in total. The number of ether oxygens (including phenoxy) is 3. The van der Waals surface area contributed by atoms with Gasteiger partial charge in [-0.2, -0.15) is 0 Å². The Balaban J connectivity index is 1.51. The summed E-state index contributed by atoms with van der Waals surface area (Å²) >= 11 is 0. The van der Waals surface area contributed by atoms with Gasteiger partial charge in [-0.3, -0.25) is 0 Å². The largest absolute Gasteiger partial charge is 0.507 e. The van der Waals surface area contributed by atoms with Crippen LogP contribution in [0, 0.1) is 0 Å².